The molecule has 1 aliphatic rings. The van der Waals surface area contributed by atoms with Crippen molar-refractivity contribution in [1.82, 2.24) is 10.2 Å². The van der Waals surface area contributed by atoms with Crippen LogP contribution >= 0.6 is 24.0 Å². The molecule has 1 aliphatic heterocycles. The molecule has 5 nitrogen and oxygen atoms in total. The van der Waals surface area contributed by atoms with Gasteiger partial charge in [0.05, 0.1) is 6.54 Å². The standard InChI is InChI=1S/C22H28N4O.HI/c1-3-23-22(24-15-18-8-7-11-21(14-18)25-17(2)27)26-13-12-20(16-26)19-9-5-4-6-10-19;/h4-11,14,20H,3,12-13,15-16H2,1-2H3,(H,23,24)(H,25,27);1H. The number of likely N-dealkylation sites (tertiary alicyclic amines) is 1. The number of amides is 1. The Hall–Kier alpha value is -2.09. The van der Waals surface area contributed by atoms with E-state index in [1.807, 2.05) is 24.3 Å². The van der Waals surface area contributed by atoms with Gasteiger partial charge in [0.1, 0.15) is 0 Å². The molecule has 1 saturated heterocycles. The number of hydrogen-bond acceptors (Lipinski definition) is 2. The molecule has 0 bridgehead atoms. The van der Waals surface area contributed by atoms with E-state index in [4.69, 9.17) is 4.99 Å². The summed E-state index contributed by atoms with van der Waals surface area (Å²) < 4.78 is 0. The van der Waals surface area contributed by atoms with Gasteiger partial charge in [0.25, 0.3) is 0 Å². The molecule has 0 aliphatic carbocycles. The molecule has 2 aromatic carbocycles. The van der Waals surface area contributed by atoms with Gasteiger partial charge in [0.2, 0.25) is 5.91 Å². The Morgan fingerprint density at radius 3 is 2.68 bits per heavy atom. The van der Waals surface area contributed by atoms with Crippen LogP contribution in [0.25, 0.3) is 0 Å². The second kappa shape index (κ2) is 11.0. The average molecular weight is 492 g/mol. The second-order valence-electron chi connectivity index (χ2n) is 6.89. The quantitative estimate of drug-likeness (QED) is 0.374. The number of rotatable bonds is 5. The van der Waals surface area contributed by atoms with Gasteiger partial charge in [0, 0.05) is 38.2 Å². The molecular weight excluding hydrogens is 463 g/mol. The molecule has 3 rings (SSSR count). The fourth-order valence-electron chi connectivity index (χ4n) is 3.49. The number of guanidine groups is 1. The number of nitrogens with one attached hydrogen (secondary N) is 2. The molecule has 0 aromatic heterocycles. The smallest absolute Gasteiger partial charge is 0.221 e. The highest BCUT2D eigenvalue weighted by atomic mass is 127. The molecule has 1 heterocycles. The molecule has 0 radical (unpaired) electrons. The van der Waals surface area contributed by atoms with Gasteiger partial charge in [-0.3, -0.25) is 4.79 Å². The Morgan fingerprint density at radius 2 is 1.96 bits per heavy atom. The summed E-state index contributed by atoms with van der Waals surface area (Å²) in [5.41, 5.74) is 3.29. The number of benzene rings is 2. The molecule has 2 aromatic rings. The first-order valence-corrected chi connectivity index (χ1v) is 9.60. The molecule has 1 fully saturated rings. The Labute approximate surface area is 184 Å². The van der Waals surface area contributed by atoms with E-state index in [0.717, 1.165) is 43.3 Å². The van der Waals surface area contributed by atoms with Crippen molar-refractivity contribution in [3.05, 3.63) is 65.7 Å². The molecule has 28 heavy (non-hydrogen) atoms. The summed E-state index contributed by atoms with van der Waals surface area (Å²) in [5, 5.41) is 6.24. The molecule has 0 spiro atoms. The van der Waals surface area contributed by atoms with Gasteiger partial charge in [0.15, 0.2) is 5.96 Å². The summed E-state index contributed by atoms with van der Waals surface area (Å²) in [6.45, 7) is 7.04. The Bertz CT molecular complexity index is 794. The zero-order valence-corrected chi connectivity index (χ0v) is 18.9. The molecule has 1 amide bonds. The minimum absolute atomic E-state index is 0. The molecule has 2 N–H and O–H groups in total. The lowest BCUT2D eigenvalue weighted by molar-refractivity contribution is -0.114. The molecular formula is C22H29IN4O. The van der Waals surface area contributed by atoms with Crippen LogP contribution < -0.4 is 10.6 Å². The van der Waals surface area contributed by atoms with E-state index >= 15 is 0 Å². The van der Waals surface area contributed by atoms with Crippen LogP contribution in [0, 0.1) is 0 Å². The number of carbonyl (C=O) groups excluding carboxylic acids is 1. The summed E-state index contributed by atoms with van der Waals surface area (Å²) in [6, 6.07) is 18.6. The number of anilines is 1. The van der Waals surface area contributed by atoms with Crippen molar-refractivity contribution in [3.8, 4) is 0 Å². The number of carbonyl (C=O) groups is 1. The SMILES string of the molecule is CCNC(=NCc1cccc(NC(C)=O)c1)N1CCC(c2ccccc2)C1.I. The Morgan fingerprint density at radius 1 is 1.18 bits per heavy atom. The monoisotopic (exact) mass is 492 g/mol. The van der Waals surface area contributed by atoms with Gasteiger partial charge in [-0.15, -0.1) is 24.0 Å². The van der Waals surface area contributed by atoms with Gasteiger partial charge >= 0.3 is 0 Å². The topological polar surface area (TPSA) is 56.7 Å². The lowest BCUT2D eigenvalue weighted by Crippen LogP contribution is -2.40. The summed E-state index contributed by atoms with van der Waals surface area (Å²) in [6.07, 6.45) is 1.15. The summed E-state index contributed by atoms with van der Waals surface area (Å²) in [4.78, 5) is 18.4. The van der Waals surface area contributed by atoms with Gasteiger partial charge in [-0.05, 0) is 36.6 Å². The molecule has 1 atom stereocenters. The van der Waals surface area contributed by atoms with Crippen LogP contribution in [0.3, 0.4) is 0 Å². The van der Waals surface area contributed by atoms with Gasteiger partial charge in [-0.2, -0.15) is 0 Å². The van der Waals surface area contributed by atoms with Crippen LogP contribution in [-0.4, -0.2) is 36.4 Å². The number of hydrogen-bond donors (Lipinski definition) is 2. The van der Waals surface area contributed by atoms with Crippen molar-refractivity contribution in [1.29, 1.82) is 0 Å². The third kappa shape index (κ3) is 6.22. The van der Waals surface area contributed by atoms with E-state index in [9.17, 15) is 4.79 Å². The summed E-state index contributed by atoms with van der Waals surface area (Å²) in [7, 11) is 0. The van der Waals surface area contributed by atoms with Gasteiger partial charge in [-0.1, -0.05) is 42.5 Å². The van der Waals surface area contributed by atoms with Crippen molar-refractivity contribution in [2.45, 2.75) is 32.7 Å². The minimum atomic E-state index is -0.0620. The van der Waals surface area contributed by atoms with E-state index in [1.165, 1.54) is 12.5 Å². The zero-order chi connectivity index (χ0) is 19.1. The lowest BCUT2D eigenvalue weighted by Gasteiger charge is -2.22. The fraction of sp³-hybridized carbons (Fsp3) is 0.364. The highest BCUT2D eigenvalue weighted by Crippen LogP contribution is 2.27. The van der Waals surface area contributed by atoms with Crippen LogP contribution in [0.2, 0.25) is 0 Å². The van der Waals surface area contributed by atoms with Gasteiger partial charge in [-0.25, -0.2) is 4.99 Å². The second-order valence-corrected chi connectivity index (χ2v) is 6.89. The van der Waals surface area contributed by atoms with Crippen molar-refractivity contribution < 1.29 is 4.79 Å². The Balaban J connectivity index is 0.00000280. The van der Waals surface area contributed by atoms with Crippen LogP contribution in [0.5, 0.6) is 0 Å². The van der Waals surface area contributed by atoms with Crippen molar-refractivity contribution in [3.63, 3.8) is 0 Å². The van der Waals surface area contributed by atoms with Crippen molar-refractivity contribution >= 4 is 41.5 Å². The maximum absolute atomic E-state index is 11.2. The normalized spacial score (nSPS) is 16.4. The summed E-state index contributed by atoms with van der Waals surface area (Å²) >= 11 is 0. The minimum Gasteiger partial charge on any atom is -0.357 e. The molecule has 0 saturated carbocycles. The Kier molecular flexibility index (Phi) is 8.76. The van der Waals surface area contributed by atoms with Gasteiger partial charge < -0.3 is 15.5 Å². The van der Waals surface area contributed by atoms with Crippen molar-refractivity contribution in [2.24, 2.45) is 4.99 Å². The maximum Gasteiger partial charge on any atom is 0.221 e. The third-order valence-corrected chi connectivity index (χ3v) is 4.75. The van der Waals surface area contributed by atoms with E-state index in [2.05, 4.69) is 52.8 Å². The molecule has 1 unspecified atom stereocenters. The predicted molar refractivity (Wildman–Crippen MR) is 126 cm³/mol. The highest BCUT2D eigenvalue weighted by Gasteiger charge is 2.25. The van der Waals surface area contributed by atoms with Crippen LogP contribution in [-0.2, 0) is 11.3 Å². The lowest BCUT2D eigenvalue weighted by atomic mass is 9.99. The van der Waals surface area contributed by atoms with Crippen molar-refractivity contribution in [2.75, 3.05) is 25.0 Å². The predicted octanol–water partition coefficient (Wildman–Crippen LogP) is 4.22. The largest absolute Gasteiger partial charge is 0.357 e. The third-order valence-electron chi connectivity index (χ3n) is 4.75. The number of nitrogens with zero attached hydrogens (tertiary/aromatic N) is 2. The summed E-state index contributed by atoms with van der Waals surface area (Å²) in [5.74, 6) is 1.45. The van der Waals surface area contributed by atoms with E-state index < -0.39 is 0 Å². The molecule has 150 valence electrons. The molecule has 6 heteroatoms. The van der Waals surface area contributed by atoms with Crippen LogP contribution in [0.4, 0.5) is 5.69 Å². The maximum atomic E-state index is 11.2. The van der Waals surface area contributed by atoms with Crippen LogP contribution in [0.1, 0.15) is 37.3 Å². The zero-order valence-electron chi connectivity index (χ0n) is 16.5. The first-order chi connectivity index (χ1) is 13.2. The van der Waals surface area contributed by atoms with E-state index in [-0.39, 0.29) is 29.9 Å². The number of halogens is 1. The first-order valence-electron chi connectivity index (χ1n) is 9.60. The first kappa shape index (κ1) is 22.2. The van der Waals surface area contributed by atoms with Crippen LogP contribution in [0.15, 0.2) is 59.6 Å². The average Bonchev–Trinajstić information content (AvgIpc) is 3.16. The van der Waals surface area contributed by atoms with E-state index in [0.29, 0.717) is 12.5 Å². The van der Waals surface area contributed by atoms with E-state index in [1.54, 1.807) is 0 Å². The highest BCUT2D eigenvalue weighted by molar-refractivity contribution is 14.0. The fourth-order valence-corrected chi connectivity index (χ4v) is 3.49. The number of aliphatic imine (C=N–C) groups is 1.